The van der Waals surface area contributed by atoms with Gasteiger partial charge in [-0.2, -0.15) is 0 Å². The van der Waals surface area contributed by atoms with Crippen molar-refractivity contribution in [2.75, 3.05) is 20.1 Å². The highest BCUT2D eigenvalue weighted by atomic mass is 16.6. The molecule has 2 aromatic rings. The first-order valence-corrected chi connectivity index (χ1v) is 6.72. The number of aromatic nitrogens is 3. The average Bonchev–Trinajstić information content (AvgIpc) is 3.01. The van der Waals surface area contributed by atoms with Crippen molar-refractivity contribution in [3.8, 4) is 5.69 Å². The number of hydrogen-bond acceptors (Lipinski definition) is 6. The highest BCUT2D eigenvalue weighted by molar-refractivity contribution is 5.91. The molecule has 2 rings (SSSR count). The van der Waals surface area contributed by atoms with Crippen molar-refractivity contribution in [1.29, 1.82) is 0 Å². The van der Waals surface area contributed by atoms with Crippen LogP contribution in [0.5, 0.6) is 0 Å². The van der Waals surface area contributed by atoms with Crippen LogP contribution in [0.1, 0.15) is 16.9 Å². The Morgan fingerprint density at radius 1 is 1.41 bits per heavy atom. The number of nitro benzene ring substituents is 1. The van der Waals surface area contributed by atoms with Crippen LogP contribution in [0.15, 0.2) is 30.5 Å². The molecule has 0 saturated heterocycles. The Kier molecular flexibility index (Phi) is 5.15. The Labute approximate surface area is 126 Å². The second-order valence-corrected chi connectivity index (χ2v) is 4.54. The van der Waals surface area contributed by atoms with E-state index >= 15 is 0 Å². The van der Waals surface area contributed by atoms with Gasteiger partial charge in [-0.25, -0.2) is 4.68 Å². The Morgan fingerprint density at radius 2 is 2.23 bits per heavy atom. The summed E-state index contributed by atoms with van der Waals surface area (Å²) in [7, 11) is 1.84. The fourth-order valence-electron chi connectivity index (χ4n) is 1.80. The zero-order chi connectivity index (χ0) is 15.9. The number of carbonyl (C=O) groups excluding carboxylic acids is 1. The Morgan fingerprint density at radius 3 is 2.95 bits per heavy atom. The lowest BCUT2D eigenvalue weighted by Gasteiger charge is -2.02. The summed E-state index contributed by atoms with van der Waals surface area (Å²) in [5.41, 5.74) is 0.581. The molecule has 1 heterocycles. The van der Waals surface area contributed by atoms with Crippen LogP contribution < -0.4 is 10.6 Å². The molecule has 116 valence electrons. The van der Waals surface area contributed by atoms with Gasteiger partial charge in [0.05, 0.1) is 16.8 Å². The van der Waals surface area contributed by atoms with Crippen LogP contribution >= 0.6 is 0 Å². The van der Waals surface area contributed by atoms with Crippen molar-refractivity contribution in [2.45, 2.75) is 6.42 Å². The third-order valence-electron chi connectivity index (χ3n) is 2.92. The van der Waals surface area contributed by atoms with E-state index in [1.807, 2.05) is 7.05 Å². The summed E-state index contributed by atoms with van der Waals surface area (Å²) in [5, 5.41) is 24.1. The Balaban J connectivity index is 2.06. The van der Waals surface area contributed by atoms with E-state index in [1.54, 1.807) is 12.1 Å². The lowest BCUT2D eigenvalue weighted by Crippen LogP contribution is -2.26. The minimum atomic E-state index is -0.490. The van der Waals surface area contributed by atoms with Gasteiger partial charge in [-0.15, -0.1) is 5.10 Å². The highest BCUT2D eigenvalue weighted by Gasteiger charge is 2.12. The quantitative estimate of drug-likeness (QED) is 0.437. The molecule has 9 nitrogen and oxygen atoms in total. The molecular formula is C13H16N6O3. The van der Waals surface area contributed by atoms with E-state index in [0.29, 0.717) is 12.2 Å². The second kappa shape index (κ2) is 7.27. The minimum Gasteiger partial charge on any atom is -0.351 e. The molecule has 0 aliphatic heterocycles. The van der Waals surface area contributed by atoms with Gasteiger partial charge in [0.2, 0.25) is 0 Å². The smallest absolute Gasteiger partial charge is 0.273 e. The summed E-state index contributed by atoms with van der Waals surface area (Å²) in [4.78, 5) is 22.1. The second-order valence-electron chi connectivity index (χ2n) is 4.54. The van der Waals surface area contributed by atoms with Gasteiger partial charge in [0.1, 0.15) is 0 Å². The highest BCUT2D eigenvalue weighted by Crippen LogP contribution is 2.15. The molecule has 0 atom stereocenters. The van der Waals surface area contributed by atoms with Gasteiger partial charge in [0.25, 0.3) is 11.6 Å². The zero-order valence-electron chi connectivity index (χ0n) is 12.0. The predicted molar refractivity (Wildman–Crippen MR) is 78.9 cm³/mol. The number of carbonyl (C=O) groups is 1. The van der Waals surface area contributed by atoms with Crippen molar-refractivity contribution in [1.82, 2.24) is 25.6 Å². The molecule has 0 radical (unpaired) electrons. The average molecular weight is 304 g/mol. The van der Waals surface area contributed by atoms with Gasteiger partial charge < -0.3 is 10.6 Å². The molecule has 0 spiro atoms. The van der Waals surface area contributed by atoms with E-state index in [0.717, 1.165) is 13.0 Å². The molecule has 0 fully saturated rings. The molecule has 1 aromatic heterocycles. The molecule has 0 unspecified atom stereocenters. The summed E-state index contributed by atoms with van der Waals surface area (Å²) in [6.45, 7) is 1.34. The van der Waals surface area contributed by atoms with Crippen molar-refractivity contribution >= 4 is 11.6 Å². The molecule has 1 amide bonds. The molecule has 0 bridgehead atoms. The van der Waals surface area contributed by atoms with Crippen molar-refractivity contribution < 1.29 is 9.72 Å². The first-order valence-electron chi connectivity index (χ1n) is 6.72. The van der Waals surface area contributed by atoms with E-state index in [1.165, 1.54) is 23.0 Å². The Bertz CT molecular complexity index is 669. The van der Waals surface area contributed by atoms with Gasteiger partial charge in [0.15, 0.2) is 5.69 Å². The summed E-state index contributed by atoms with van der Waals surface area (Å²) in [5.74, 6) is -0.326. The molecule has 0 aliphatic rings. The largest absolute Gasteiger partial charge is 0.351 e. The normalized spacial score (nSPS) is 10.4. The molecule has 22 heavy (non-hydrogen) atoms. The number of nitro groups is 1. The van der Waals surface area contributed by atoms with Crippen molar-refractivity contribution in [3.63, 3.8) is 0 Å². The van der Waals surface area contributed by atoms with Crippen molar-refractivity contribution in [2.24, 2.45) is 0 Å². The zero-order valence-corrected chi connectivity index (χ0v) is 12.0. The minimum absolute atomic E-state index is 0.0499. The molecule has 0 saturated carbocycles. The first kappa shape index (κ1) is 15.6. The van der Waals surface area contributed by atoms with Crippen LogP contribution in [0.25, 0.3) is 5.69 Å². The fourth-order valence-corrected chi connectivity index (χ4v) is 1.80. The lowest BCUT2D eigenvalue weighted by molar-refractivity contribution is -0.384. The van der Waals surface area contributed by atoms with E-state index in [9.17, 15) is 14.9 Å². The molecule has 9 heteroatoms. The van der Waals surface area contributed by atoms with Gasteiger partial charge in [-0.05, 0) is 26.1 Å². The van der Waals surface area contributed by atoms with E-state index < -0.39 is 4.92 Å². The number of nitrogens with zero attached hydrogens (tertiary/aromatic N) is 4. The van der Waals surface area contributed by atoms with Crippen LogP contribution in [-0.4, -0.2) is 46.0 Å². The number of amides is 1. The van der Waals surface area contributed by atoms with E-state index in [-0.39, 0.29) is 17.3 Å². The van der Waals surface area contributed by atoms with Crippen LogP contribution in [0.3, 0.4) is 0 Å². The van der Waals surface area contributed by atoms with Crippen molar-refractivity contribution in [3.05, 3.63) is 46.3 Å². The van der Waals surface area contributed by atoms with Gasteiger partial charge >= 0.3 is 0 Å². The Hall–Kier alpha value is -2.81. The summed E-state index contributed by atoms with van der Waals surface area (Å²) in [6, 6.07) is 5.95. The maximum absolute atomic E-state index is 11.9. The number of hydrogen-bond donors (Lipinski definition) is 2. The first-order chi connectivity index (χ1) is 10.6. The lowest BCUT2D eigenvalue weighted by atomic mass is 10.3. The third kappa shape index (κ3) is 3.85. The molecule has 2 N–H and O–H groups in total. The maximum Gasteiger partial charge on any atom is 0.273 e. The van der Waals surface area contributed by atoms with E-state index in [2.05, 4.69) is 20.9 Å². The number of nitrogens with one attached hydrogen (secondary N) is 2. The fraction of sp³-hybridized carbons (Fsp3) is 0.308. The van der Waals surface area contributed by atoms with Gasteiger partial charge in [0, 0.05) is 18.7 Å². The van der Waals surface area contributed by atoms with Crippen LogP contribution in [-0.2, 0) is 0 Å². The number of benzene rings is 1. The standard InChI is InChI=1S/C13H16N6O3/c1-14-6-3-7-15-13(20)12-9-18(17-16-12)10-4-2-5-11(8-10)19(21)22/h2,4-5,8-9,14H,3,6-7H2,1H3,(H,15,20). The summed E-state index contributed by atoms with van der Waals surface area (Å²) >= 11 is 0. The van der Waals surface area contributed by atoms with Crippen LogP contribution in [0, 0.1) is 10.1 Å². The van der Waals surface area contributed by atoms with Crippen LogP contribution in [0.4, 0.5) is 5.69 Å². The molecule has 1 aromatic carbocycles. The van der Waals surface area contributed by atoms with Gasteiger partial charge in [-0.1, -0.05) is 11.3 Å². The topological polar surface area (TPSA) is 115 Å². The summed E-state index contributed by atoms with van der Waals surface area (Å²) in [6.07, 6.45) is 2.24. The van der Waals surface area contributed by atoms with E-state index in [4.69, 9.17) is 0 Å². The third-order valence-corrected chi connectivity index (χ3v) is 2.92. The van der Waals surface area contributed by atoms with Gasteiger partial charge in [-0.3, -0.25) is 14.9 Å². The number of rotatable bonds is 7. The number of non-ortho nitro benzene ring substituents is 1. The predicted octanol–water partition coefficient (Wildman–Crippen LogP) is 0.515. The molecular weight excluding hydrogens is 288 g/mol. The van der Waals surface area contributed by atoms with Crippen LogP contribution in [0.2, 0.25) is 0 Å². The molecule has 0 aliphatic carbocycles. The summed E-state index contributed by atoms with van der Waals surface area (Å²) < 4.78 is 1.33. The monoisotopic (exact) mass is 304 g/mol. The maximum atomic E-state index is 11.9. The SMILES string of the molecule is CNCCCNC(=O)c1cn(-c2cccc([N+](=O)[O-])c2)nn1.